The molecular formula is C26H25N5O5. The molecule has 3 heterocycles. The molecule has 3 aromatic rings. The fourth-order valence-corrected chi connectivity index (χ4v) is 4.67. The second kappa shape index (κ2) is 9.65. The first-order valence-corrected chi connectivity index (χ1v) is 11.5. The van der Waals surface area contributed by atoms with Crippen LogP contribution >= 0.6 is 0 Å². The van der Waals surface area contributed by atoms with Crippen LogP contribution in [0.15, 0.2) is 55.0 Å². The molecule has 0 radical (unpaired) electrons. The normalized spacial score (nSPS) is 18.9. The first-order chi connectivity index (χ1) is 17.5. The Morgan fingerprint density at radius 1 is 1.08 bits per heavy atom. The summed E-state index contributed by atoms with van der Waals surface area (Å²) >= 11 is 0. The molecule has 0 unspecified atom stereocenters. The van der Waals surface area contributed by atoms with Gasteiger partial charge in [0.2, 0.25) is 5.91 Å². The van der Waals surface area contributed by atoms with Gasteiger partial charge in [0, 0.05) is 36.6 Å². The Morgan fingerprint density at radius 3 is 2.69 bits per heavy atom. The maximum Gasteiger partial charge on any atom is 0.271 e. The first kappa shape index (κ1) is 23.3. The van der Waals surface area contributed by atoms with E-state index in [1.54, 1.807) is 37.3 Å². The van der Waals surface area contributed by atoms with Gasteiger partial charge in [-0.2, -0.15) is 0 Å². The van der Waals surface area contributed by atoms with E-state index in [1.807, 2.05) is 18.2 Å². The Bertz CT molecular complexity index is 1330. The Balaban J connectivity index is 1.39. The van der Waals surface area contributed by atoms with Gasteiger partial charge in [-0.1, -0.05) is 6.07 Å². The average Bonchev–Trinajstić information content (AvgIpc) is 3.02. The predicted octanol–water partition coefficient (Wildman–Crippen LogP) is 2.52. The molecule has 36 heavy (non-hydrogen) atoms. The number of ether oxygens (including phenoxy) is 2. The van der Waals surface area contributed by atoms with Gasteiger partial charge in [-0.25, -0.2) is 4.98 Å². The maximum atomic E-state index is 13.6. The van der Waals surface area contributed by atoms with Gasteiger partial charge in [0.15, 0.2) is 0 Å². The van der Waals surface area contributed by atoms with Crippen LogP contribution in [0.2, 0.25) is 0 Å². The van der Waals surface area contributed by atoms with E-state index in [0.717, 1.165) is 11.1 Å². The number of carbonyl (C=O) groups is 3. The van der Waals surface area contributed by atoms with Crippen molar-refractivity contribution in [2.24, 2.45) is 0 Å². The van der Waals surface area contributed by atoms with Gasteiger partial charge in [-0.15, -0.1) is 0 Å². The minimum Gasteiger partial charge on any atom is -0.497 e. The number of fused-ring (bicyclic) bond motifs is 2. The molecule has 1 saturated heterocycles. The third kappa shape index (κ3) is 4.33. The van der Waals surface area contributed by atoms with E-state index in [-0.39, 0.29) is 29.5 Å². The number of carbonyl (C=O) groups excluding carboxylic acids is 3. The average molecular weight is 488 g/mol. The molecule has 10 heteroatoms. The van der Waals surface area contributed by atoms with E-state index in [9.17, 15) is 14.4 Å². The molecule has 3 amide bonds. The lowest BCUT2D eigenvalue weighted by Gasteiger charge is -2.37. The van der Waals surface area contributed by atoms with Crippen LogP contribution in [0.4, 0.5) is 5.69 Å². The molecule has 0 aliphatic carbocycles. The molecule has 10 nitrogen and oxygen atoms in total. The summed E-state index contributed by atoms with van der Waals surface area (Å²) in [5.74, 6) is 0.391. The summed E-state index contributed by atoms with van der Waals surface area (Å²) in [6, 6.07) is 9.83. The van der Waals surface area contributed by atoms with E-state index in [1.165, 1.54) is 18.6 Å². The van der Waals surface area contributed by atoms with Crippen molar-refractivity contribution in [3.8, 4) is 22.6 Å². The number of anilines is 1. The quantitative estimate of drug-likeness (QED) is 0.567. The topological polar surface area (TPSA) is 123 Å². The van der Waals surface area contributed by atoms with Crippen molar-refractivity contribution in [3.63, 3.8) is 0 Å². The van der Waals surface area contributed by atoms with Gasteiger partial charge in [0.25, 0.3) is 11.8 Å². The maximum absolute atomic E-state index is 13.6. The highest BCUT2D eigenvalue weighted by Gasteiger charge is 2.40. The van der Waals surface area contributed by atoms with Crippen LogP contribution in [0.1, 0.15) is 33.7 Å². The van der Waals surface area contributed by atoms with E-state index >= 15 is 0 Å². The zero-order valence-electron chi connectivity index (χ0n) is 19.9. The van der Waals surface area contributed by atoms with Crippen LogP contribution in [-0.4, -0.2) is 65.4 Å². The first-order valence-electron chi connectivity index (χ1n) is 11.5. The van der Waals surface area contributed by atoms with Crippen LogP contribution < -0.4 is 20.1 Å². The van der Waals surface area contributed by atoms with Gasteiger partial charge in [-0.05, 0) is 42.7 Å². The summed E-state index contributed by atoms with van der Waals surface area (Å²) in [6.07, 6.45) is 5.14. The van der Waals surface area contributed by atoms with E-state index in [0.29, 0.717) is 42.1 Å². The number of piperidine rings is 1. The molecule has 2 atom stereocenters. The Hall–Kier alpha value is -4.47. The number of rotatable bonds is 5. The summed E-state index contributed by atoms with van der Waals surface area (Å²) in [5.41, 5.74) is 2.64. The lowest BCUT2D eigenvalue weighted by atomic mass is 9.95. The number of amides is 3. The smallest absolute Gasteiger partial charge is 0.271 e. The van der Waals surface area contributed by atoms with Crippen LogP contribution in [0.3, 0.4) is 0 Å². The van der Waals surface area contributed by atoms with Crippen molar-refractivity contribution in [1.82, 2.24) is 20.2 Å². The van der Waals surface area contributed by atoms with Gasteiger partial charge >= 0.3 is 0 Å². The summed E-state index contributed by atoms with van der Waals surface area (Å²) in [6.45, 7) is 0.331. The standard InChI is InChI=1S/C26H25N5O5/c1-35-17-4-5-18(23(13-17)36-2)15-3-6-20-19(11-15)26(34)31-10-7-16(12-22(31)25(33)30-20)29-24(32)21-14-27-8-9-28-21/h3-6,8-9,11,13-14,16,22H,7,10,12H2,1-2H3,(H,29,32)(H,30,33)/t16-,22-/m0/s1. The predicted molar refractivity (Wildman–Crippen MR) is 131 cm³/mol. The number of aromatic nitrogens is 2. The zero-order valence-corrected chi connectivity index (χ0v) is 19.9. The van der Waals surface area contributed by atoms with Crippen LogP contribution in [0.5, 0.6) is 11.5 Å². The molecule has 0 spiro atoms. The summed E-state index contributed by atoms with van der Waals surface area (Å²) in [4.78, 5) is 48.7. The fraction of sp³-hybridized carbons (Fsp3) is 0.269. The number of methoxy groups -OCH3 is 2. The van der Waals surface area contributed by atoms with Crippen LogP contribution in [0.25, 0.3) is 11.1 Å². The Kier molecular flexibility index (Phi) is 6.24. The number of nitrogens with one attached hydrogen (secondary N) is 2. The number of hydrogen-bond donors (Lipinski definition) is 2. The fourth-order valence-electron chi connectivity index (χ4n) is 4.67. The lowest BCUT2D eigenvalue weighted by molar-refractivity contribution is -0.121. The third-order valence-electron chi connectivity index (χ3n) is 6.52. The highest BCUT2D eigenvalue weighted by Crippen LogP contribution is 2.36. The van der Waals surface area contributed by atoms with E-state index in [2.05, 4.69) is 20.6 Å². The SMILES string of the molecule is COc1ccc(-c2ccc3c(c2)C(=O)N2CC[C@H](NC(=O)c4cnccn4)C[C@H]2C(=O)N3)c(OC)c1. The van der Waals surface area contributed by atoms with Crippen molar-refractivity contribution in [2.75, 3.05) is 26.1 Å². The van der Waals surface area contributed by atoms with Gasteiger partial charge in [0.1, 0.15) is 23.2 Å². The summed E-state index contributed by atoms with van der Waals surface area (Å²) in [7, 11) is 3.16. The zero-order chi connectivity index (χ0) is 25.2. The Labute approximate surface area is 207 Å². The van der Waals surface area contributed by atoms with Crippen LogP contribution in [-0.2, 0) is 4.79 Å². The number of hydrogen-bond acceptors (Lipinski definition) is 7. The van der Waals surface area contributed by atoms with E-state index < -0.39 is 6.04 Å². The highest BCUT2D eigenvalue weighted by molar-refractivity contribution is 6.10. The molecule has 184 valence electrons. The summed E-state index contributed by atoms with van der Waals surface area (Å²) in [5, 5.41) is 5.81. The molecule has 2 aliphatic rings. The van der Waals surface area contributed by atoms with Crippen molar-refractivity contribution < 1.29 is 23.9 Å². The van der Waals surface area contributed by atoms with Crippen molar-refractivity contribution in [2.45, 2.75) is 24.9 Å². The molecule has 0 bridgehead atoms. The minimum absolute atomic E-state index is 0.204. The van der Waals surface area contributed by atoms with Gasteiger partial charge in [-0.3, -0.25) is 19.4 Å². The molecule has 2 N–H and O–H groups in total. The second-order valence-electron chi connectivity index (χ2n) is 8.62. The second-order valence-corrected chi connectivity index (χ2v) is 8.62. The van der Waals surface area contributed by atoms with Crippen molar-refractivity contribution in [3.05, 3.63) is 66.2 Å². The summed E-state index contributed by atoms with van der Waals surface area (Å²) < 4.78 is 10.8. The van der Waals surface area contributed by atoms with Crippen molar-refractivity contribution in [1.29, 1.82) is 0 Å². The van der Waals surface area contributed by atoms with Crippen LogP contribution in [0, 0.1) is 0 Å². The highest BCUT2D eigenvalue weighted by atomic mass is 16.5. The molecule has 2 aliphatic heterocycles. The molecule has 1 fully saturated rings. The number of benzene rings is 2. The monoisotopic (exact) mass is 487 g/mol. The molecule has 5 rings (SSSR count). The molecule has 2 aromatic carbocycles. The molecule has 1 aromatic heterocycles. The minimum atomic E-state index is -0.704. The van der Waals surface area contributed by atoms with Crippen molar-refractivity contribution >= 4 is 23.4 Å². The van der Waals surface area contributed by atoms with E-state index in [4.69, 9.17) is 9.47 Å². The molecule has 0 saturated carbocycles. The third-order valence-corrected chi connectivity index (χ3v) is 6.52. The van der Waals surface area contributed by atoms with Gasteiger partial charge < -0.3 is 25.0 Å². The Morgan fingerprint density at radius 2 is 1.94 bits per heavy atom. The lowest BCUT2D eigenvalue weighted by Crippen LogP contribution is -2.55. The number of nitrogens with zero attached hydrogens (tertiary/aromatic N) is 3. The van der Waals surface area contributed by atoms with Gasteiger partial charge in [0.05, 0.1) is 31.7 Å². The molecular weight excluding hydrogens is 462 g/mol. The largest absolute Gasteiger partial charge is 0.497 e.